The van der Waals surface area contributed by atoms with Crippen molar-refractivity contribution in [3.63, 3.8) is 0 Å². The maximum Gasteiger partial charge on any atom is 0.244 e. The van der Waals surface area contributed by atoms with Crippen LogP contribution in [0.1, 0.15) is 19.3 Å². The van der Waals surface area contributed by atoms with Gasteiger partial charge in [0.25, 0.3) is 0 Å². The van der Waals surface area contributed by atoms with E-state index in [-0.39, 0.29) is 16.4 Å². The van der Waals surface area contributed by atoms with Gasteiger partial charge in [0.2, 0.25) is 10.0 Å². The number of rotatable bonds is 6. The molecule has 0 amide bonds. The summed E-state index contributed by atoms with van der Waals surface area (Å²) in [7, 11) is -3.54. The molecule has 3 heterocycles. The molecule has 6 nitrogen and oxygen atoms in total. The average molecular weight is 352 g/mol. The van der Waals surface area contributed by atoms with Gasteiger partial charge >= 0.3 is 0 Å². The van der Waals surface area contributed by atoms with E-state index in [9.17, 15) is 8.42 Å². The van der Waals surface area contributed by atoms with Gasteiger partial charge in [0.05, 0.1) is 19.3 Å². The number of aromatic nitrogens is 1. The van der Waals surface area contributed by atoms with Crippen LogP contribution >= 0.6 is 0 Å². The van der Waals surface area contributed by atoms with Crippen LogP contribution in [0.5, 0.6) is 0 Å². The quantitative estimate of drug-likeness (QED) is 0.577. The highest BCUT2D eigenvalue weighted by atomic mass is 32.2. The van der Waals surface area contributed by atoms with Crippen molar-refractivity contribution in [2.45, 2.75) is 30.3 Å². The van der Waals surface area contributed by atoms with Gasteiger partial charge < -0.3 is 9.47 Å². The van der Waals surface area contributed by atoms with Crippen LogP contribution in [0.3, 0.4) is 0 Å². The lowest BCUT2D eigenvalue weighted by molar-refractivity contribution is -0.140. The standard InChI is InChI=1S/C17H24N2O4S/c1-2-10-22-14-17-7-4-11-23-16(17)6-9-19(13-17)24(20,21)15-5-3-8-18-12-15/h2-3,5,8,12,16H,1,4,6-7,9-11,13-14H2. The molecule has 0 aliphatic carbocycles. The average Bonchev–Trinajstić information content (AvgIpc) is 2.62. The molecular weight excluding hydrogens is 328 g/mol. The molecule has 24 heavy (non-hydrogen) atoms. The van der Waals surface area contributed by atoms with E-state index in [1.165, 1.54) is 6.20 Å². The Morgan fingerprint density at radius 3 is 3.17 bits per heavy atom. The van der Waals surface area contributed by atoms with Crippen molar-refractivity contribution in [1.82, 2.24) is 9.29 Å². The number of sulfonamides is 1. The highest BCUT2D eigenvalue weighted by Gasteiger charge is 2.48. The van der Waals surface area contributed by atoms with Gasteiger partial charge in [0.1, 0.15) is 4.90 Å². The van der Waals surface area contributed by atoms with Gasteiger partial charge in [0, 0.05) is 37.5 Å². The number of nitrogens with zero attached hydrogens (tertiary/aromatic N) is 2. The van der Waals surface area contributed by atoms with Crippen LogP contribution < -0.4 is 0 Å². The minimum absolute atomic E-state index is 0.0522. The molecule has 0 saturated carbocycles. The van der Waals surface area contributed by atoms with Crippen molar-refractivity contribution in [2.24, 2.45) is 5.41 Å². The van der Waals surface area contributed by atoms with Gasteiger partial charge in [-0.15, -0.1) is 6.58 Å². The van der Waals surface area contributed by atoms with E-state index < -0.39 is 10.0 Å². The molecule has 0 radical (unpaired) electrons. The van der Waals surface area contributed by atoms with E-state index >= 15 is 0 Å². The van der Waals surface area contributed by atoms with Gasteiger partial charge in [-0.3, -0.25) is 4.98 Å². The van der Waals surface area contributed by atoms with Crippen molar-refractivity contribution < 1.29 is 17.9 Å². The van der Waals surface area contributed by atoms with Crippen LogP contribution in [0.2, 0.25) is 0 Å². The lowest BCUT2D eigenvalue weighted by Crippen LogP contribution is -2.58. The summed E-state index contributed by atoms with van der Waals surface area (Å²) < 4.78 is 39.1. The molecule has 2 unspecified atom stereocenters. The Hall–Kier alpha value is -1.28. The first kappa shape index (κ1) is 17.5. The molecular formula is C17H24N2O4S. The van der Waals surface area contributed by atoms with Gasteiger partial charge in [-0.25, -0.2) is 8.42 Å². The van der Waals surface area contributed by atoms with Crippen molar-refractivity contribution in [2.75, 3.05) is 32.9 Å². The fourth-order valence-corrected chi connectivity index (χ4v) is 5.18. The fraction of sp³-hybridized carbons (Fsp3) is 0.588. The second-order valence-corrected chi connectivity index (χ2v) is 8.38. The Morgan fingerprint density at radius 1 is 1.54 bits per heavy atom. The Bertz CT molecular complexity index is 664. The molecule has 0 aromatic carbocycles. The summed E-state index contributed by atoms with van der Waals surface area (Å²) in [5.41, 5.74) is -0.283. The summed E-state index contributed by atoms with van der Waals surface area (Å²) in [5.74, 6) is 0. The van der Waals surface area contributed by atoms with E-state index in [1.54, 1.807) is 28.7 Å². The molecule has 2 saturated heterocycles. The molecule has 7 heteroatoms. The third-order valence-electron chi connectivity index (χ3n) is 4.85. The lowest BCUT2D eigenvalue weighted by Gasteiger charge is -2.49. The zero-order chi connectivity index (χ0) is 17.0. The highest BCUT2D eigenvalue weighted by Crippen LogP contribution is 2.41. The van der Waals surface area contributed by atoms with Crippen molar-refractivity contribution in [3.05, 3.63) is 37.2 Å². The summed E-state index contributed by atoms with van der Waals surface area (Å²) in [4.78, 5) is 4.18. The predicted molar refractivity (Wildman–Crippen MR) is 90.0 cm³/mol. The van der Waals surface area contributed by atoms with Gasteiger partial charge in [-0.2, -0.15) is 4.31 Å². The zero-order valence-corrected chi connectivity index (χ0v) is 14.6. The van der Waals surface area contributed by atoms with Crippen molar-refractivity contribution >= 4 is 10.0 Å². The van der Waals surface area contributed by atoms with E-state index in [0.29, 0.717) is 32.7 Å². The van der Waals surface area contributed by atoms with Gasteiger partial charge in [-0.1, -0.05) is 6.08 Å². The highest BCUT2D eigenvalue weighted by molar-refractivity contribution is 7.89. The molecule has 132 valence electrons. The van der Waals surface area contributed by atoms with Crippen molar-refractivity contribution in [1.29, 1.82) is 0 Å². The largest absolute Gasteiger partial charge is 0.377 e. The summed E-state index contributed by atoms with van der Waals surface area (Å²) in [6.45, 7) is 6.25. The maximum atomic E-state index is 12.9. The maximum absolute atomic E-state index is 12.9. The number of pyridine rings is 1. The first-order valence-electron chi connectivity index (χ1n) is 8.29. The molecule has 1 aromatic heterocycles. The molecule has 2 fully saturated rings. The fourth-order valence-electron chi connectivity index (χ4n) is 3.66. The Labute approximate surface area is 143 Å². The van der Waals surface area contributed by atoms with E-state index in [2.05, 4.69) is 11.6 Å². The first-order chi connectivity index (χ1) is 11.6. The summed E-state index contributed by atoms with van der Waals surface area (Å²) >= 11 is 0. The number of hydrogen-bond acceptors (Lipinski definition) is 5. The Balaban J connectivity index is 1.83. The second-order valence-electron chi connectivity index (χ2n) is 6.45. The summed E-state index contributed by atoms with van der Waals surface area (Å²) in [6, 6.07) is 3.24. The monoisotopic (exact) mass is 352 g/mol. The number of hydrogen-bond donors (Lipinski definition) is 0. The normalized spacial score (nSPS) is 28.2. The van der Waals surface area contributed by atoms with Crippen LogP contribution in [-0.4, -0.2) is 56.7 Å². The number of fused-ring (bicyclic) bond motifs is 1. The molecule has 0 N–H and O–H groups in total. The van der Waals surface area contributed by atoms with Crippen LogP contribution in [0.4, 0.5) is 0 Å². The van der Waals surface area contributed by atoms with E-state index in [0.717, 1.165) is 19.4 Å². The third kappa shape index (κ3) is 3.39. The molecule has 2 aliphatic rings. The zero-order valence-electron chi connectivity index (χ0n) is 13.8. The minimum atomic E-state index is -3.54. The van der Waals surface area contributed by atoms with Crippen LogP contribution in [0.25, 0.3) is 0 Å². The smallest absolute Gasteiger partial charge is 0.244 e. The SMILES string of the molecule is C=CCOCC12CCCOC1CCN(S(=O)(=O)c1cccnc1)C2. The lowest BCUT2D eigenvalue weighted by atomic mass is 9.73. The minimum Gasteiger partial charge on any atom is -0.377 e. The predicted octanol–water partition coefficient (Wildman–Crippen LogP) is 1.84. The number of ether oxygens (including phenoxy) is 2. The molecule has 1 aromatic rings. The Morgan fingerprint density at radius 2 is 2.42 bits per heavy atom. The van der Waals surface area contributed by atoms with E-state index in [1.807, 2.05) is 0 Å². The molecule has 3 rings (SSSR count). The van der Waals surface area contributed by atoms with Crippen LogP contribution in [0.15, 0.2) is 42.1 Å². The molecule has 0 spiro atoms. The molecule has 0 bridgehead atoms. The van der Waals surface area contributed by atoms with Gasteiger partial charge in [-0.05, 0) is 31.4 Å². The topological polar surface area (TPSA) is 68.7 Å². The Kier molecular flexibility index (Phi) is 5.34. The van der Waals surface area contributed by atoms with Crippen LogP contribution in [0, 0.1) is 5.41 Å². The number of piperidine rings is 1. The van der Waals surface area contributed by atoms with Crippen molar-refractivity contribution in [3.8, 4) is 0 Å². The van der Waals surface area contributed by atoms with E-state index in [4.69, 9.17) is 9.47 Å². The third-order valence-corrected chi connectivity index (χ3v) is 6.68. The summed E-state index contributed by atoms with van der Waals surface area (Å²) in [6.07, 6.45) is 7.27. The molecule has 2 atom stereocenters. The summed E-state index contributed by atoms with van der Waals surface area (Å²) in [5, 5.41) is 0. The first-order valence-corrected chi connectivity index (χ1v) is 9.73. The van der Waals surface area contributed by atoms with Gasteiger partial charge in [0.15, 0.2) is 0 Å². The van der Waals surface area contributed by atoms with Crippen LogP contribution in [-0.2, 0) is 19.5 Å². The molecule has 2 aliphatic heterocycles. The second kappa shape index (κ2) is 7.31.